The van der Waals surface area contributed by atoms with E-state index in [0.717, 1.165) is 5.56 Å². The molecule has 0 amide bonds. The minimum Gasteiger partial charge on any atom is -0.493 e. The van der Waals surface area contributed by atoms with Gasteiger partial charge in [-0.3, -0.25) is 4.79 Å². The lowest BCUT2D eigenvalue weighted by Gasteiger charge is -2.13. The van der Waals surface area contributed by atoms with Crippen LogP contribution in [0, 0.1) is 0 Å². The Morgan fingerprint density at radius 1 is 1.05 bits per heavy atom. The zero-order valence-electron chi connectivity index (χ0n) is 12.4. The summed E-state index contributed by atoms with van der Waals surface area (Å²) in [6.07, 6.45) is 0. The van der Waals surface area contributed by atoms with Gasteiger partial charge in [-0.2, -0.15) is 0 Å². The average molecular weight is 321 g/mol. The number of alkyl halides is 1. The van der Waals surface area contributed by atoms with Crippen molar-refractivity contribution in [1.29, 1.82) is 0 Å². The Morgan fingerprint density at radius 3 is 2.36 bits per heavy atom. The number of methoxy groups -OCH3 is 2. The molecule has 0 aromatic heterocycles. The quantitative estimate of drug-likeness (QED) is 0.601. The lowest BCUT2D eigenvalue weighted by molar-refractivity contribution is -0.144. The van der Waals surface area contributed by atoms with Gasteiger partial charge in [-0.25, -0.2) is 0 Å². The molecule has 1 atom stereocenters. The predicted molar refractivity (Wildman–Crippen MR) is 84.4 cm³/mol. The van der Waals surface area contributed by atoms with E-state index in [0.29, 0.717) is 17.1 Å². The van der Waals surface area contributed by atoms with Crippen molar-refractivity contribution in [3.63, 3.8) is 0 Å². The van der Waals surface area contributed by atoms with E-state index in [1.165, 1.54) is 7.11 Å². The summed E-state index contributed by atoms with van der Waals surface area (Å²) in [6.45, 7) is 0.191. The van der Waals surface area contributed by atoms with Crippen LogP contribution >= 0.6 is 11.6 Å². The van der Waals surface area contributed by atoms with E-state index in [1.54, 1.807) is 25.3 Å². The molecule has 0 aliphatic carbocycles. The van der Waals surface area contributed by atoms with E-state index in [1.807, 2.05) is 30.3 Å². The fourth-order valence-electron chi connectivity index (χ4n) is 1.95. The molecule has 0 fully saturated rings. The van der Waals surface area contributed by atoms with Crippen LogP contribution in [0.5, 0.6) is 11.5 Å². The monoisotopic (exact) mass is 320 g/mol. The third-order valence-corrected chi connectivity index (χ3v) is 3.56. The summed E-state index contributed by atoms with van der Waals surface area (Å²) in [6, 6.07) is 14.5. The van der Waals surface area contributed by atoms with E-state index in [-0.39, 0.29) is 6.61 Å². The molecule has 0 spiro atoms. The van der Waals surface area contributed by atoms with Crippen molar-refractivity contribution in [3.8, 4) is 11.5 Å². The zero-order valence-corrected chi connectivity index (χ0v) is 13.2. The topological polar surface area (TPSA) is 44.8 Å². The fraction of sp³-hybridized carbons (Fsp3) is 0.235. The second-order valence-corrected chi connectivity index (χ2v) is 5.01. The highest BCUT2D eigenvalue weighted by molar-refractivity contribution is 6.30. The van der Waals surface area contributed by atoms with Crippen LogP contribution < -0.4 is 9.47 Å². The Labute approximate surface area is 134 Å². The van der Waals surface area contributed by atoms with Gasteiger partial charge in [-0.1, -0.05) is 36.4 Å². The number of carbonyl (C=O) groups is 1. The van der Waals surface area contributed by atoms with E-state index in [2.05, 4.69) is 0 Å². The molecule has 0 aliphatic heterocycles. The normalized spacial score (nSPS) is 11.6. The first-order chi connectivity index (χ1) is 10.7. The van der Waals surface area contributed by atoms with Crippen molar-refractivity contribution in [2.24, 2.45) is 0 Å². The van der Waals surface area contributed by atoms with E-state index < -0.39 is 11.3 Å². The van der Waals surface area contributed by atoms with E-state index in [9.17, 15) is 4.79 Å². The number of esters is 1. The van der Waals surface area contributed by atoms with Crippen LogP contribution in [0.15, 0.2) is 48.5 Å². The summed E-state index contributed by atoms with van der Waals surface area (Å²) in [5.41, 5.74) is 1.50. The van der Waals surface area contributed by atoms with Crippen LogP contribution in [0.3, 0.4) is 0 Å². The SMILES string of the molecule is COc1ccc(C(Cl)C(=O)OCc2ccccc2)cc1OC. The number of halogens is 1. The number of rotatable bonds is 6. The minimum atomic E-state index is -0.900. The predicted octanol–water partition coefficient (Wildman–Crippen LogP) is 3.73. The molecule has 2 rings (SSSR count). The molecule has 0 N–H and O–H groups in total. The van der Waals surface area contributed by atoms with Gasteiger partial charge in [-0.15, -0.1) is 11.6 Å². The largest absolute Gasteiger partial charge is 0.493 e. The zero-order chi connectivity index (χ0) is 15.9. The van der Waals surface area contributed by atoms with Crippen LogP contribution in [0.4, 0.5) is 0 Å². The highest BCUT2D eigenvalue weighted by Crippen LogP contribution is 2.32. The summed E-state index contributed by atoms with van der Waals surface area (Å²) in [4.78, 5) is 12.0. The lowest BCUT2D eigenvalue weighted by atomic mass is 10.1. The smallest absolute Gasteiger partial charge is 0.328 e. The van der Waals surface area contributed by atoms with Gasteiger partial charge in [0.25, 0.3) is 0 Å². The van der Waals surface area contributed by atoms with Gasteiger partial charge < -0.3 is 14.2 Å². The maximum Gasteiger partial charge on any atom is 0.328 e. The Hall–Kier alpha value is -2.20. The molecule has 0 aliphatic rings. The van der Waals surface area contributed by atoms with Gasteiger partial charge in [0.1, 0.15) is 6.61 Å². The molecule has 2 aromatic carbocycles. The van der Waals surface area contributed by atoms with Crippen LogP contribution in [-0.2, 0) is 16.1 Å². The molecule has 0 bridgehead atoms. The second kappa shape index (κ2) is 7.71. The third-order valence-electron chi connectivity index (χ3n) is 3.13. The standard InChI is InChI=1S/C17H17ClO4/c1-20-14-9-8-13(10-15(14)21-2)16(18)17(19)22-11-12-6-4-3-5-7-12/h3-10,16H,11H2,1-2H3. The molecular formula is C17H17ClO4. The first kappa shape index (κ1) is 16.2. The van der Waals surface area contributed by atoms with E-state index >= 15 is 0 Å². The Bertz CT molecular complexity index is 628. The summed E-state index contributed by atoms with van der Waals surface area (Å²) in [7, 11) is 3.07. The maximum atomic E-state index is 12.0. The van der Waals surface area contributed by atoms with Gasteiger partial charge in [-0.05, 0) is 23.3 Å². The molecule has 116 valence electrons. The summed E-state index contributed by atoms with van der Waals surface area (Å²) in [5.74, 6) is 0.590. The fourth-order valence-corrected chi connectivity index (χ4v) is 2.15. The first-order valence-electron chi connectivity index (χ1n) is 6.72. The molecule has 22 heavy (non-hydrogen) atoms. The Morgan fingerprint density at radius 2 is 1.73 bits per heavy atom. The highest BCUT2D eigenvalue weighted by Gasteiger charge is 2.21. The van der Waals surface area contributed by atoms with Crippen molar-refractivity contribution in [2.75, 3.05) is 14.2 Å². The lowest BCUT2D eigenvalue weighted by Crippen LogP contribution is -2.11. The second-order valence-electron chi connectivity index (χ2n) is 4.57. The maximum absolute atomic E-state index is 12.0. The Kier molecular flexibility index (Phi) is 5.67. The van der Waals surface area contributed by atoms with Crippen molar-refractivity contribution in [1.82, 2.24) is 0 Å². The molecule has 1 unspecified atom stereocenters. The van der Waals surface area contributed by atoms with Crippen molar-refractivity contribution < 1.29 is 19.0 Å². The van der Waals surface area contributed by atoms with Crippen LogP contribution in [-0.4, -0.2) is 20.2 Å². The van der Waals surface area contributed by atoms with Gasteiger partial charge >= 0.3 is 5.97 Å². The van der Waals surface area contributed by atoms with Crippen molar-refractivity contribution in [3.05, 3.63) is 59.7 Å². The molecule has 0 radical (unpaired) electrons. The molecule has 0 saturated heterocycles. The number of hydrogen-bond acceptors (Lipinski definition) is 4. The molecule has 0 heterocycles. The summed E-state index contributed by atoms with van der Waals surface area (Å²) in [5, 5.41) is -0.900. The number of ether oxygens (including phenoxy) is 3. The van der Waals surface area contributed by atoms with Crippen LogP contribution in [0.1, 0.15) is 16.5 Å². The van der Waals surface area contributed by atoms with E-state index in [4.69, 9.17) is 25.8 Å². The molecule has 5 heteroatoms. The van der Waals surface area contributed by atoms with Crippen molar-refractivity contribution >= 4 is 17.6 Å². The molecule has 0 saturated carbocycles. The van der Waals surface area contributed by atoms with Gasteiger partial charge in [0.2, 0.25) is 0 Å². The van der Waals surface area contributed by atoms with Crippen molar-refractivity contribution in [2.45, 2.75) is 12.0 Å². The number of carbonyl (C=O) groups excluding carboxylic acids is 1. The van der Waals surface area contributed by atoms with Gasteiger partial charge in [0.15, 0.2) is 16.9 Å². The van der Waals surface area contributed by atoms with Gasteiger partial charge in [0, 0.05) is 0 Å². The first-order valence-corrected chi connectivity index (χ1v) is 7.16. The number of hydrogen-bond donors (Lipinski definition) is 0. The third kappa shape index (κ3) is 3.92. The Balaban J connectivity index is 2.04. The van der Waals surface area contributed by atoms with Gasteiger partial charge in [0.05, 0.1) is 14.2 Å². The number of benzene rings is 2. The summed E-state index contributed by atoms with van der Waals surface area (Å²) >= 11 is 6.18. The highest BCUT2D eigenvalue weighted by atomic mass is 35.5. The molecular weight excluding hydrogens is 304 g/mol. The summed E-state index contributed by atoms with van der Waals surface area (Å²) < 4.78 is 15.6. The van der Waals surface area contributed by atoms with Crippen LogP contribution in [0.25, 0.3) is 0 Å². The minimum absolute atomic E-state index is 0.191. The van der Waals surface area contributed by atoms with Crippen LogP contribution in [0.2, 0.25) is 0 Å². The average Bonchev–Trinajstić information content (AvgIpc) is 2.59. The molecule has 2 aromatic rings. The molecule has 4 nitrogen and oxygen atoms in total.